The molecule has 1 amide bonds. The van der Waals surface area contributed by atoms with E-state index >= 15 is 0 Å². The quantitative estimate of drug-likeness (QED) is 0.576. The third kappa shape index (κ3) is 4.88. The molecule has 154 valence electrons. The highest BCUT2D eigenvalue weighted by atomic mass is 16.5. The Bertz CT molecular complexity index is 1030. The van der Waals surface area contributed by atoms with Gasteiger partial charge in [-0.25, -0.2) is 4.79 Å². The molecule has 30 heavy (non-hydrogen) atoms. The summed E-state index contributed by atoms with van der Waals surface area (Å²) in [6, 6.07) is 19.6. The number of phenolic OH excluding ortho intramolecular Hbond substituents is 1. The maximum absolute atomic E-state index is 13.0. The molecule has 3 rings (SSSR count). The summed E-state index contributed by atoms with van der Waals surface area (Å²) in [5.41, 5.74) is 0.860. The maximum Gasteiger partial charge on any atom is 0.343 e. The molecule has 0 aliphatic rings. The smallest absolute Gasteiger partial charge is 0.343 e. The van der Waals surface area contributed by atoms with Crippen molar-refractivity contribution in [2.24, 2.45) is 0 Å². The van der Waals surface area contributed by atoms with Gasteiger partial charge in [0.15, 0.2) is 0 Å². The molecule has 7 heteroatoms. The van der Waals surface area contributed by atoms with E-state index in [2.05, 4.69) is 5.32 Å². The molecular weight excluding hydrogens is 386 g/mol. The first kappa shape index (κ1) is 20.7. The number of rotatable bonds is 7. The molecule has 0 bridgehead atoms. The topological polar surface area (TPSA) is 94.1 Å². The molecule has 0 aliphatic carbocycles. The van der Waals surface area contributed by atoms with Crippen molar-refractivity contribution in [2.75, 3.05) is 19.5 Å². The number of methoxy groups -OCH3 is 2. The minimum atomic E-state index is -1.24. The zero-order valence-corrected chi connectivity index (χ0v) is 16.5. The van der Waals surface area contributed by atoms with Crippen LogP contribution in [0.25, 0.3) is 0 Å². The van der Waals surface area contributed by atoms with Gasteiger partial charge in [0.2, 0.25) is 6.10 Å². The minimum absolute atomic E-state index is 0.107. The van der Waals surface area contributed by atoms with Gasteiger partial charge in [0.05, 0.1) is 14.2 Å². The van der Waals surface area contributed by atoms with E-state index in [1.165, 1.54) is 32.4 Å². The van der Waals surface area contributed by atoms with Crippen LogP contribution in [0.2, 0.25) is 0 Å². The van der Waals surface area contributed by atoms with Crippen molar-refractivity contribution in [3.05, 3.63) is 83.9 Å². The SMILES string of the molecule is COc1cccc(NC(=O)[C@@H](OC(=O)c2cc(OC)ccc2O)c2ccccc2)c1. The van der Waals surface area contributed by atoms with Crippen molar-refractivity contribution < 1.29 is 28.9 Å². The number of amides is 1. The van der Waals surface area contributed by atoms with Gasteiger partial charge < -0.3 is 24.6 Å². The summed E-state index contributed by atoms with van der Waals surface area (Å²) in [6.45, 7) is 0. The molecule has 0 aromatic heterocycles. The first-order valence-electron chi connectivity index (χ1n) is 9.09. The van der Waals surface area contributed by atoms with Crippen molar-refractivity contribution in [1.82, 2.24) is 0 Å². The molecule has 3 aromatic carbocycles. The van der Waals surface area contributed by atoms with E-state index in [9.17, 15) is 14.7 Å². The Morgan fingerprint density at radius 1 is 0.867 bits per heavy atom. The molecular formula is C23H21NO6. The standard InChI is InChI=1S/C23H21NO6/c1-28-17-10-6-9-16(13-17)24-22(26)21(15-7-4-3-5-8-15)30-23(27)19-14-18(29-2)11-12-20(19)25/h3-14,21,25H,1-2H3,(H,24,26)/t21-/m0/s1. The van der Waals surface area contributed by atoms with Crippen LogP contribution in [0.3, 0.4) is 0 Å². The summed E-state index contributed by atoms with van der Waals surface area (Å²) in [5, 5.41) is 12.8. The number of hydrogen-bond acceptors (Lipinski definition) is 6. The molecule has 0 spiro atoms. The molecule has 7 nitrogen and oxygen atoms in total. The molecule has 0 heterocycles. The van der Waals surface area contributed by atoms with E-state index in [1.54, 1.807) is 54.6 Å². The summed E-state index contributed by atoms with van der Waals surface area (Å²) < 4.78 is 15.7. The number of anilines is 1. The third-order valence-corrected chi connectivity index (χ3v) is 4.33. The van der Waals surface area contributed by atoms with Gasteiger partial charge in [-0.05, 0) is 30.3 Å². The van der Waals surface area contributed by atoms with Crippen LogP contribution in [0.1, 0.15) is 22.0 Å². The van der Waals surface area contributed by atoms with E-state index < -0.39 is 18.0 Å². The highest BCUT2D eigenvalue weighted by Crippen LogP contribution is 2.27. The fourth-order valence-electron chi connectivity index (χ4n) is 2.79. The second-order valence-electron chi connectivity index (χ2n) is 6.30. The number of esters is 1. The van der Waals surface area contributed by atoms with Crippen LogP contribution >= 0.6 is 0 Å². The van der Waals surface area contributed by atoms with Crippen LogP contribution in [-0.4, -0.2) is 31.2 Å². The van der Waals surface area contributed by atoms with Gasteiger partial charge in [-0.2, -0.15) is 0 Å². The van der Waals surface area contributed by atoms with Crippen LogP contribution in [0.4, 0.5) is 5.69 Å². The van der Waals surface area contributed by atoms with Gasteiger partial charge in [0.1, 0.15) is 22.8 Å². The molecule has 0 radical (unpaired) electrons. The molecule has 0 saturated carbocycles. The molecule has 2 N–H and O–H groups in total. The van der Waals surface area contributed by atoms with Crippen LogP contribution in [0, 0.1) is 0 Å². The molecule has 0 unspecified atom stereocenters. The van der Waals surface area contributed by atoms with Gasteiger partial charge in [0, 0.05) is 17.3 Å². The van der Waals surface area contributed by atoms with E-state index in [-0.39, 0.29) is 11.3 Å². The summed E-state index contributed by atoms with van der Waals surface area (Å²) in [5.74, 6) is -0.744. The van der Waals surface area contributed by atoms with Crippen LogP contribution in [0.5, 0.6) is 17.2 Å². The van der Waals surface area contributed by atoms with Crippen molar-refractivity contribution in [1.29, 1.82) is 0 Å². The Labute approximate surface area is 173 Å². The Morgan fingerprint density at radius 3 is 2.27 bits per heavy atom. The average Bonchev–Trinajstić information content (AvgIpc) is 2.78. The number of phenols is 1. The first-order valence-corrected chi connectivity index (χ1v) is 9.09. The summed E-state index contributed by atoms with van der Waals surface area (Å²) in [4.78, 5) is 25.7. The van der Waals surface area contributed by atoms with Gasteiger partial charge in [0.25, 0.3) is 5.91 Å². The number of carbonyl (C=O) groups is 2. The van der Waals surface area contributed by atoms with Crippen molar-refractivity contribution in [3.8, 4) is 17.2 Å². The highest BCUT2D eigenvalue weighted by molar-refractivity contribution is 5.99. The van der Waals surface area contributed by atoms with Gasteiger partial charge in [-0.3, -0.25) is 4.79 Å². The third-order valence-electron chi connectivity index (χ3n) is 4.33. The van der Waals surface area contributed by atoms with Gasteiger partial charge in [-0.1, -0.05) is 36.4 Å². The zero-order valence-electron chi connectivity index (χ0n) is 16.5. The average molecular weight is 407 g/mol. The Kier molecular flexibility index (Phi) is 6.54. The lowest BCUT2D eigenvalue weighted by atomic mass is 10.1. The molecule has 1 atom stereocenters. The summed E-state index contributed by atoms with van der Waals surface area (Å²) in [7, 11) is 2.96. The lowest BCUT2D eigenvalue weighted by Crippen LogP contribution is -2.26. The van der Waals surface area contributed by atoms with Crippen molar-refractivity contribution in [3.63, 3.8) is 0 Å². The first-order chi connectivity index (χ1) is 14.5. The minimum Gasteiger partial charge on any atom is -0.507 e. The highest BCUT2D eigenvalue weighted by Gasteiger charge is 2.27. The lowest BCUT2D eigenvalue weighted by Gasteiger charge is -2.19. The molecule has 0 fully saturated rings. The second kappa shape index (κ2) is 9.47. The summed E-state index contributed by atoms with van der Waals surface area (Å²) in [6.07, 6.45) is -1.24. The molecule has 0 aliphatic heterocycles. The van der Waals surface area contributed by atoms with Crippen molar-refractivity contribution >= 4 is 17.6 Å². The maximum atomic E-state index is 13.0. The van der Waals surface area contributed by atoms with E-state index in [4.69, 9.17) is 14.2 Å². The number of carbonyl (C=O) groups excluding carboxylic acids is 2. The number of ether oxygens (including phenoxy) is 3. The summed E-state index contributed by atoms with van der Waals surface area (Å²) >= 11 is 0. The predicted molar refractivity (Wildman–Crippen MR) is 111 cm³/mol. The van der Waals surface area contributed by atoms with Crippen molar-refractivity contribution in [2.45, 2.75) is 6.10 Å². The predicted octanol–water partition coefficient (Wildman–Crippen LogP) is 3.95. The lowest BCUT2D eigenvalue weighted by molar-refractivity contribution is -0.125. The normalized spacial score (nSPS) is 11.3. The fraction of sp³-hybridized carbons (Fsp3) is 0.130. The number of benzene rings is 3. The van der Waals surface area contributed by atoms with Crippen LogP contribution < -0.4 is 14.8 Å². The van der Waals surface area contributed by atoms with Crippen LogP contribution in [-0.2, 0) is 9.53 Å². The van der Waals surface area contributed by atoms with Crippen LogP contribution in [0.15, 0.2) is 72.8 Å². The van der Waals surface area contributed by atoms with E-state index in [0.29, 0.717) is 22.7 Å². The molecule has 3 aromatic rings. The Hall–Kier alpha value is -4.00. The number of aromatic hydroxyl groups is 1. The van der Waals surface area contributed by atoms with E-state index in [0.717, 1.165) is 0 Å². The Balaban J connectivity index is 1.88. The largest absolute Gasteiger partial charge is 0.507 e. The monoisotopic (exact) mass is 407 g/mol. The van der Waals surface area contributed by atoms with Gasteiger partial charge in [-0.15, -0.1) is 0 Å². The number of nitrogens with one attached hydrogen (secondary N) is 1. The Morgan fingerprint density at radius 2 is 1.57 bits per heavy atom. The second-order valence-corrected chi connectivity index (χ2v) is 6.30. The van der Waals surface area contributed by atoms with E-state index in [1.807, 2.05) is 0 Å². The van der Waals surface area contributed by atoms with Gasteiger partial charge >= 0.3 is 5.97 Å². The zero-order chi connectivity index (χ0) is 21.5. The number of hydrogen-bond donors (Lipinski definition) is 2. The molecule has 0 saturated heterocycles. The fourth-order valence-corrected chi connectivity index (χ4v) is 2.79.